The van der Waals surface area contributed by atoms with Gasteiger partial charge in [0.05, 0.1) is 6.33 Å². The molecule has 1 unspecified atom stereocenters. The molecule has 1 aromatic rings. The summed E-state index contributed by atoms with van der Waals surface area (Å²) in [6, 6.07) is 0.604. The van der Waals surface area contributed by atoms with E-state index in [-0.39, 0.29) is 0 Å². The van der Waals surface area contributed by atoms with Gasteiger partial charge in [0.2, 0.25) is 0 Å². The quantitative estimate of drug-likeness (QED) is 0.818. The summed E-state index contributed by atoms with van der Waals surface area (Å²) in [7, 11) is 0. The Morgan fingerprint density at radius 1 is 1.31 bits per heavy atom. The van der Waals surface area contributed by atoms with Gasteiger partial charge in [-0.1, -0.05) is 0 Å². The number of nitrogens with one attached hydrogen (secondary N) is 1. The van der Waals surface area contributed by atoms with Gasteiger partial charge in [-0.2, -0.15) is 0 Å². The summed E-state index contributed by atoms with van der Waals surface area (Å²) in [6.45, 7) is 4.04. The smallest absolute Gasteiger partial charge is 0.0950 e. The second-order valence-electron chi connectivity index (χ2n) is 4.76. The first-order valence-corrected chi connectivity index (χ1v) is 6.25. The number of nitrogens with zero attached hydrogens (tertiary/aromatic N) is 2. The third kappa shape index (κ3) is 1.87. The monoisotopic (exact) mass is 221 g/mol. The number of rotatable bonds is 2. The van der Waals surface area contributed by atoms with E-state index in [0.29, 0.717) is 12.0 Å². The SMILES string of the molecule is c1ncn(C2CCOCC2)c1C1CCNC1. The molecule has 1 aromatic heterocycles. The number of hydrogen-bond donors (Lipinski definition) is 1. The van der Waals surface area contributed by atoms with Crippen LogP contribution in [0.5, 0.6) is 0 Å². The molecule has 88 valence electrons. The minimum Gasteiger partial charge on any atom is -0.381 e. The van der Waals surface area contributed by atoms with Crippen molar-refractivity contribution in [3.8, 4) is 0 Å². The summed E-state index contributed by atoms with van der Waals surface area (Å²) in [6.07, 6.45) is 7.55. The highest BCUT2D eigenvalue weighted by Crippen LogP contribution is 2.28. The van der Waals surface area contributed by atoms with Gasteiger partial charge >= 0.3 is 0 Å². The first-order valence-electron chi connectivity index (χ1n) is 6.25. The molecule has 2 aliphatic heterocycles. The van der Waals surface area contributed by atoms with E-state index in [1.165, 1.54) is 12.1 Å². The Hall–Kier alpha value is -0.870. The topological polar surface area (TPSA) is 39.1 Å². The van der Waals surface area contributed by atoms with Crippen molar-refractivity contribution in [3.63, 3.8) is 0 Å². The van der Waals surface area contributed by atoms with Crippen LogP contribution in [-0.4, -0.2) is 35.9 Å². The lowest BCUT2D eigenvalue weighted by Gasteiger charge is -2.26. The van der Waals surface area contributed by atoms with Gasteiger partial charge in [-0.25, -0.2) is 4.98 Å². The minimum absolute atomic E-state index is 0.604. The molecule has 2 fully saturated rings. The van der Waals surface area contributed by atoms with Gasteiger partial charge in [-0.15, -0.1) is 0 Å². The Bertz CT molecular complexity index is 338. The molecule has 4 nitrogen and oxygen atoms in total. The molecule has 16 heavy (non-hydrogen) atoms. The molecule has 4 heteroatoms. The van der Waals surface area contributed by atoms with Crippen LogP contribution < -0.4 is 5.32 Å². The van der Waals surface area contributed by atoms with E-state index in [4.69, 9.17) is 4.74 Å². The molecular weight excluding hydrogens is 202 g/mol. The van der Waals surface area contributed by atoms with Crippen LogP contribution in [0.25, 0.3) is 0 Å². The third-order valence-electron chi connectivity index (χ3n) is 3.76. The summed E-state index contributed by atoms with van der Waals surface area (Å²) in [5, 5.41) is 3.42. The molecule has 0 bridgehead atoms. The van der Waals surface area contributed by atoms with Crippen molar-refractivity contribution in [1.29, 1.82) is 0 Å². The second-order valence-corrected chi connectivity index (χ2v) is 4.76. The molecule has 2 saturated heterocycles. The molecule has 1 N–H and O–H groups in total. The van der Waals surface area contributed by atoms with E-state index in [1.807, 2.05) is 12.5 Å². The maximum Gasteiger partial charge on any atom is 0.0950 e. The fourth-order valence-electron chi connectivity index (χ4n) is 2.81. The summed E-state index contributed by atoms with van der Waals surface area (Å²) < 4.78 is 7.81. The largest absolute Gasteiger partial charge is 0.381 e. The van der Waals surface area contributed by atoms with Gasteiger partial charge in [0.25, 0.3) is 0 Å². The zero-order chi connectivity index (χ0) is 10.8. The number of ether oxygens (including phenoxy) is 1. The second kappa shape index (κ2) is 4.55. The molecule has 0 aliphatic carbocycles. The first kappa shape index (κ1) is 10.3. The highest BCUT2D eigenvalue weighted by molar-refractivity contribution is 5.10. The molecule has 0 amide bonds. The van der Waals surface area contributed by atoms with E-state index >= 15 is 0 Å². The lowest BCUT2D eigenvalue weighted by molar-refractivity contribution is 0.0686. The average Bonchev–Trinajstić information content (AvgIpc) is 3.01. The van der Waals surface area contributed by atoms with E-state index in [0.717, 1.165) is 39.1 Å². The Balaban J connectivity index is 1.80. The van der Waals surface area contributed by atoms with Crippen LogP contribution in [0.1, 0.15) is 36.9 Å². The summed E-state index contributed by atoms with van der Waals surface area (Å²) in [5.41, 5.74) is 1.41. The fraction of sp³-hybridized carbons (Fsp3) is 0.750. The van der Waals surface area contributed by atoms with Crippen LogP contribution >= 0.6 is 0 Å². The van der Waals surface area contributed by atoms with Crippen LogP contribution in [0.3, 0.4) is 0 Å². The van der Waals surface area contributed by atoms with E-state index < -0.39 is 0 Å². The van der Waals surface area contributed by atoms with Gasteiger partial charge < -0.3 is 14.6 Å². The lowest BCUT2D eigenvalue weighted by atomic mass is 10.0. The van der Waals surface area contributed by atoms with Gasteiger partial charge in [0.1, 0.15) is 0 Å². The van der Waals surface area contributed by atoms with Gasteiger partial charge in [0, 0.05) is 43.6 Å². The molecule has 0 radical (unpaired) electrons. The number of aromatic nitrogens is 2. The maximum absolute atomic E-state index is 5.42. The van der Waals surface area contributed by atoms with Crippen LogP contribution in [-0.2, 0) is 4.74 Å². The van der Waals surface area contributed by atoms with Crippen LogP contribution in [0, 0.1) is 0 Å². The molecule has 0 saturated carbocycles. The van der Waals surface area contributed by atoms with Crippen LogP contribution in [0.2, 0.25) is 0 Å². The lowest BCUT2D eigenvalue weighted by Crippen LogP contribution is -2.22. The maximum atomic E-state index is 5.42. The Kier molecular flexibility index (Phi) is 2.93. The molecule has 3 rings (SSSR count). The van der Waals surface area contributed by atoms with E-state index in [9.17, 15) is 0 Å². The normalized spacial score (nSPS) is 27.4. The first-order chi connectivity index (χ1) is 7.95. The number of hydrogen-bond acceptors (Lipinski definition) is 3. The highest BCUT2D eigenvalue weighted by Gasteiger charge is 2.24. The van der Waals surface area contributed by atoms with Crippen molar-refractivity contribution in [1.82, 2.24) is 14.9 Å². The van der Waals surface area contributed by atoms with Crippen LogP contribution in [0.15, 0.2) is 12.5 Å². The fourth-order valence-corrected chi connectivity index (χ4v) is 2.81. The Labute approximate surface area is 96.0 Å². The predicted octanol–water partition coefficient (Wildman–Crippen LogP) is 1.31. The highest BCUT2D eigenvalue weighted by atomic mass is 16.5. The number of imidazole rings is 1. The van der Waals surface area contributed by atoms with Gasteiger partial charge in [-0.3, -0.25) is 0 Å². The van der Waals surface area contributed by atoms with Crippen molar-refractivity contribution in [2.75, 3.05) is 26.3 Å². The summed E-state index contributed by atoms with van der Waals surface area (Å²) in [4.78, 5) is 4.34. The molecule has 1 atom stereocenters. The Morgan fingerprint density at radius 3 is 2.94 bits per heavy atom. The van der Waals surface area contributed by atoms with E-state index in [2.05, 4.69) is 14.9 Å². The minimum atomic E-state index is 0.604. The molecule has 2 aliphatic rings. The van der Waals surface area contributed by atoms with Crippen molar-refractivity contribution in [2.45, 2.75) is 31.2 Å². The molecule has 3 heterocycles. The van der Waals surface area contributed by atoms with Crippen molar-refractivity contribution in [2.24, 2.45) is 0 Å². The molecular formula is C12H19N3O. The predicted molar refractivity (Wildman–Crippen MR) is 61.5 cm³/mol. The molecule has 0 aromatic carbocycles. The standard InChI is InChI=1S/C12H19N3O/c1-4-13-7-10(1)12-8-14-9-15(12)11-2-5-16-6-3-11/h8-11,13H,1-7H2. The Morgan fingerprint density at radius 2 is 2.19 bits per heavy atom. The van der Waals surface area contributed by atoms with Crippen LogP contribution in [0.4, 0.5) is 0 Å². The van der Waals surface area contributed by atoms with Crippen molar-refractivity contribution in [3.05, 3.63) is 18.2 Å². The van der Waals surface area contributed by atoms with E-state index in [1.54, 1.807) is 0 Å². The van der Waals surface area contributed by atoms with Gasteiger partial charge in [0.15, 0.2) is 0 Å². The van der Waals surface area contributed by atoms with Crippen molar-refractivity contribution >= 4 is 0 Å². The summed E-state index contributed by atoms with van der Waals surface area (Å²) in [5.74, 6) is 0.658. The zero-order valence-corrected chi connectivity index (χ0v) is 9.56. The average molecular weight is 221 g/mol. The van der Waals surface area contributed by atoms with Crippen molar-refractivity contribution < 1.29 is 4.74 Å². The molecule has 0 spiro atoms. The summed E-state index contributed by atoms with van der Waals surface area (Å²) >= 11 is 0. The zero-order valence-electron chi connectivity index (χ0n) is 9.56. The van der Waals surface area contributed by atoms with Gasteiger partial charge in [-0.05, 0) is 25.8 Å². The third-order valence-corrected chi connectivity index (χ3v) is 3.76.